The number of carbonyl (C=O) groups is 2. The molecule has 0 spiro atoms. The number of amides is 2. The average molecular weight is 647 g/mol. The smallest absolute Gasteiger partial charge is 0.280 e. The highest BCUT2D eigenvalue weighted by Crippen LogP contribution is 2.18. The lowest BCUT2D eigenvalue weighted by Crippen LogP contribution is -2.41. The Morgan fingerprint density at radius 1 is 0.610 bits per heavy atom. The molecule has 2 aromatic rings. The standard InChI is InChI=1S/C21H34Cl2N14O2P2/c22-12-16(26)32-14(24)10(30-12)18(38)34-20(36-40)28-8-6-4-2-1-3-5-7-9-29-21(37-41)35-19(39)11-15(25)33-17(27)13(23)31-11/h1-9,40-41H2,(H4,24,26,32)(H4,25,27,33)(H2,28,34,36,38)(H2,29,35,37,39). The number of nitrogens with zero attached hydrogens (tertiary/aromatic N) is 6. The molecule has 0 saturated carbocycles. The van der Waals surface area contributed by atoms with Crippen molar-refractivity contribution in [3.8, 4) is 0 Å². The molecule has 41 heavy (non-hydrogen) atoms. The van der Waals surface area contributed by atoms with Crippen molar-refractivity contribution in [3.05, 3.63) is 21.7 Å². The first-order valence-electron chi connectivity index (χ1n) is 12.4. The number of nitrogen functional groups attached to an aromatic ring is 4. The molecule has 2 rings (SSSR count). The SMILES string of the molecule is Nc1nc(N)c(C(=O)N/C(=N\P)NCCCCCCCCCN/C(=N\P)NC(=O)c2nc(Cl)c(N)nc2N)nc1Cl. The van der Waals surface area contributed by atoms with E-state index in [-0.39, 0.29) is 56.9 Å². The van der Waals surface area contributed by atoms with Crippen molar-refractivity contribution in [2.45, 2.75) is 44.9 Å². The van der Waals surface area contributed by atoms with Crippen molar-refractivity contribution in [1.82, 2.24) is 41.2 Å². The molecule has 2 heterocycles. The summed E-state index contributed by atoms with van der Waals surface area (Å²) in [5.74, 6) is -1.09. The molecule has 20 heteroatoms. The van der Waals surface area contributed by atoms with Crippen LogP contribution in [0.5, 0.6) is 0 Å². The maximum Gasteiger partial charge on any atom is 0.280 e. The fraction of sp³-hybridized carbons (Fsp3) is 0.429. The van der Waals surface area contributed by atoms with Crippen LogP contribution in [0.1, 0.15) is 65.9 Å². The normalized spacial score (nSPS) is 11.7. The topological polar surface area (TPSA) is 263 Å². The van der Waals surface area contributed by atoms with Crippen molar-refractivity contribution in [3.63, 3.8) is 0 Å². The first kappa shape index (κ1) is 33.9. The van der Waals surface area contributed by atoms with E-state index in [0.29, 0.717) is 13.1 Å². The van der Waals surface area contributed by atoms with Crippen LogP contribution in [0.25, 0.3) is 0 Å². The summed E-state index contributed by atoms with van der Waals surface area (Å²) in [6.07, 6.45) is 6.99. The molecule has 2 atom stereocenters. The average Bonchev–Trinajstić information content (AvgIpc) is 2.93. The van der Waals surface area contributed by atoms with Gasteiger partial charge in [0.15, 0.2) is 45.0 Å². The lowest BCUT2D eigenvalue weighted by Gasteiger charge is -2.12. The maximum absolute atomic E-state index is 12.4. The molecule has 2 unspecified atom stereocenters. The number of anilines is 4. The number of halogens is 2. The summed E-state index contributed by atoms with van der Waals surface area (Å²) in [5.41, 5.74) is 22.2. The number of rotatable bonds is 12. The molecule has 0 fully saturated rings. The minimum absolute atomic E-state index is 0.0557. The van der Waals surface area contributed by atoms with E-state index in [9.17, 15) is 9.59 Å². The molecule has 0 aromatic carbocycles. The Balaban J connectivity index is 1.56. The van der Waals surface area contributed by atoms with Gasteiger partial charge in [0.25, 0.3) is 11.8 Å². The monoisotopic (exact) mass is 646 g/mol. The summed E-state index contributed by atoms with van der Waals surface area (Å²) in [7, 11) is 4.36. The molecular formula is C21H34Cl2N14O2P2. The molecule has 2 amide bonds. The fourth-order valence-electron chi connectivity index (χ4n) is 3.34. The molecule has 0 aliphatic carbocycles. The second-order valence-corrected chi connectivity index (χ2v) is 9.69. The molecule has 0 aliphatic rings. The van der Waals surface area contributed by atoms with Crippen LogP contribution >= 0.6 is 42.0 Å². The van der Waals surface area contributed by atoms with Crippen molar-refractivity contribution in [2.24, 2.45) is 9.53 Å². The van der Waals surface area contributed by atoms with Gasteiger partial charge in [-0.25, -0.2) is 29.5 Å². The van der Waals surface area contributed by atoms with E-state index in [4.69, 9.17) is 46.1 Å². The van der Waals surface area contributed by atoms with Gasteiger partial charge >= 0.3 is 0 Å². The fourth-order valence-corrected chi connectivity index (χ4v) is 3.91. The van der Waals surface area contributed by atoms with Crippen LogP contribution in [0, 0.1) is 0 Å². The van der Waals surface area contributed by atoms with Gasteiger partial charge in [-0.05, 0) is 31.6 Å². The molecule has 224 valence electrons. The number of nitrogens with one attached hydrogen (secondary N) is 4. The molecule has 0 saturated heterocycles. The number of hydrogen-bond acceptors (Lipinski definition) is 12. The molecule has 0 bridgehead atoms. The van der Waals surface area contributed by atoms with E-state index in [1.807, 2.05) is 0 Å². The highest BCUT2D eigenvalue weighted by Gasteiger charge is 2.18. The van der Waals surface area contributed by atoms with Crippen LogP contribution in [-0.4, -0.2) is 56.8 Å². The van der Waals surface area contributed by atoms with Gasteiger partial charge in [0.1, 0.15) is 0 Å². The summed E-state index contributed by atoms with van der Waals surface area (Å²) >= 11 is 11.7. The number of nitrogens with two attached hydrogens (primary N) is 4. The number of hydrogen-bond donors (Lipinski definition) is 8. The predicted molar refractivity (Wildman–Crippen MR) is 169 cm³/mol. The first-order valence-corrected chi connectivity index (χ1v) is 14.2. The summed E-state index contributed by atoms with van der Waals surface area (Å²) < 4.78 is 7.88. The highest BCUT2D eigenvalue weighted by atomic mass is 35.5. The predicted octanol–water partition coefficient (Wildman–Crippen LogP) is 1.26. The molecular weight excluding hydrogens is 613 g/mol. The maximum atomic E-state index is 12.4. The number of guanidine groups is 2. The van der Waals surface area contributed by atoms with Crippen molar-refractivity contribution in [1.29, 1.82) is 0 Å². The van der Waals surface area contributed by atoms with E-state index >= 15 is 0 Å². The third-order valence-electron chi connectivity index (χ3n) is 5.40. The van der Waals surface area contributed by atoms with Gasteiger partial charge < -0.3 is 33.6 Å². The van der Waals surface area contributed by atoms with Gasteiger partial charge in [-0.2, -0.15) is 0 Å². The van der Waals surface area contributed by atoms with Crippen LogP contribution in [0.4, 0.5) is 23.3 Å². The number of aromatic nitrogens is 4. The number of carbonyl (C=O) groups excluding carboxylic acids is 2. The zero-order valence-corrected chi connectivity index (χ0v) is 25.9. The van der Waals surface area contributed by atoms with Crippen LogP contribution in [0.15, 0.2) is 9.53 Å². The highest BCUT2D eigenvalue weighted by molar-refractivity contribution is 7.15. The quantitative estimate of drug-likeness (QED) is 0.0701. The van der Waals surface area contributed by atoms with Gasteiger partial charge in [0, 0.05) is 13.1 Å². The lowest BCUT2D eigenvalue weighted by molar-refractivity contribution is 0.0963. The molecule has 16 nitrogen and oxygen atoms in total. The van der Waals surface area contributed by atoms with E-state index in [0.717, 1.165) is 44.9 Å². The minimum atomic E-state index is -0.607. The van der Waals surface area contributed by atoms with Gasteiger partial charge in [-0.15, -0.1) is 0 Å². The summed E-state index contributed by atoms with van der Waals surface area (Å²) in [6, 6.07) is 0. The second-order valence-electron chi connectivity index (χ2n) is 8.46. The van der Waals surface area contributed by atoms with Gasteiger partial charge in [0.2, 0.25) is 11.9 Å². The first-order chi connectivity index (χ1) is 19.6. The largest absolute Gasteiger partial charge is 0.382 e. The van der Waals surface area contributed by atoms with Crippen LogP contribution in [-0.2, 0) is 0 Å². The molecule has 12 N–H and O–H groups in total. The van der Waals surface area contributed by atoms with Crippen molar-refractivity contribution in [2.75, 3.05) is 36.0 Å². The van der Waals surface area contributed by atoms with E-state index < -0.39 is 11.8 Å². The Morgan fingerprint density at radius 2 is 0.951 bits per heavy atom. The van der Waals surface area contributed by atoms with E-state index in [2.05, 4.69) is 69.5 Å². The molecule has 0 radical (unpaired) electrons. The molecule has 2 aromatic heterocycles. The summed E-state index contributed by atoms with van der Waals surface area (Å²) in [5, 5.41) is 11.0. The Kier molecular flexibility index (Phi) is 14.4. The van der Waals surface area contributed by atoms with Crippen molar-refractivity contribution < 1.29 is 9.59 Å². The third-order valence-corrected chi connectivity index (χ3v) is 6.47. The zero-order chi connectivity index (χ0) is 30.4. The Morgan fingerprint density at radius 3 is 1.29 bits per heavy atom. The van der Waals surface area contributed by atoms with Crippen LogP contribution in [0.2, 0.25) is 10.3 Å². The van der Waals surface area contributed by atoms with Crippen LogP contribution in [0.3, 0.4) is 0 Å². The van der Waals surface area contributed by atoms with E-state index in [1.165, 1.54) is 0 Å². The Labute approximate surface area is 251 Å². The Bertz CT molecular complexity index is 1190. The minimum Gasteiger partial charge on any atom is -0.382 e. The molecule has 0 aliphatic heterocycles. The van der Waals surface area contributed by atoms with Gasteiger partial charge in [-0.1, -0.05) is 55.3 Å². The number of unbranched alkanes of at least 4 members (excludes halogenated alkanes) is 6. The van der Waals surface area contributed by atoms with Crippen molar-refractivity contribution >= 4 is 89.0 Å². The third kappa shape index (κ3) is 11.2. The Hall–Kier alpha value is -3.32. The lowest BCUT2D eigenvalue weighted by atomic mass is 10.1. The summed E-state index contributed by atoms with van der Waals surface area (Å²) in [6.45, 7) is 1.23. The summed E-state index contributed by atoms with van der Waals surface area (Å²) in [4.78, 5) is 40.1. The van der Waals surface area contributed by atoms with Gasteiger partial charge in [0.05, 0.1) is 0 Å². The van der Waals surface area contributed by atoms with Gasteiger partial charge in [-0.3, -0.25) is 20.2 Å². The van der Waals surface area contributed by atoms with E-state index in [1.54, 1.807) is 0 Å². The second kappa shape index (κ2) is 17.5. The zero-order valence-electron chi connectivity index (χ0n) is 22.1. The van der Waals surface area contributed by atoms with Crippen LogP contribution < -0.4 is 44.2 Å².